The average Bonchev–Trinajstić information content (AvgIpc) is 3.00. The monoisotopic (exact) mass is 417 g/mol. The van der Waals surface area contributed by atoms with Crippen molar-refractivity contribution in [2.45, 2.75) is 70.4 Å². The zero-order valence-corrected chi connectivity index (χ0v) is 17.8. The predicted molar refractivity (Wildman–Crippen MR) is 115 cm³/mol. The number of carbonyl (C=O) groups excluding carboxylic acids is 1. The molecule has 8 heteroatoms. The molecule has 1 fully saturated rings. The smallest absolute Gasteiger partial charge is 0.328 e. The minimum Gasteiger partial charge on any atom is -0.493 e. The molecule has 1 aliphatic carbocycles. The van der Waals surface area contributed by atoms with E-state index in [4.69, 9.17) is 9.47 Å². The number of amides is 1. The van der Waals surface area contributed by atoms with Crippen LogP contribution in [0.4, 0.5) is 0 Å². The summed E-state index contributed by atoms with van der Waals surface area (Å²) in [6.07, 6.45) is 8.56. The van der Waals surface area contributed by atoms with Gasteiger partial charge in [0.1, 0.15) is 0 Å². The van der Waals surface area contributed by atoms with Crippen molar-refractivity contribution in [3.63, 3.8) is 0 Å². The van der Waals surface area contributed by atoms with Gasteiger partial charge in [-0.1, -0.05) is 25.7 Å². The standard InChI is InChI=1S/C22H31N3O5/c1-29-18-13-16-17(14-19(18)30-2)24-22(28)25(21(16)27)12-8-7-11-20(26)23-15-9-5-3-4-6-10-15/h13-15H,3-12H2,1-2H3,(H,23,26)(H,24,28). The molecular weight excluding hydrogens is 386 g/mol. The first-order valence-electron chi connectivity index (χ1n) is 10.7. The third kappa shape index (κ3) is 5.23. The largest absolute Gasteiger partial charge is 0.493 e. The lowest BCUT2D eigenvalue weighted by Crippen LogP contribution is -2.35. The van der Waals surface area contributed by atoms with Crippen LogP contribution in [-0.4, -0.2) is 35.7 Å². The van der Waals surface area contributed by atoms with Crippen molar-refractivity contribution in [1.29, 1.82) is 0 Å². The van der Waals surface area contributed by atoms with Crippen molar-refractivity contribution < 1.29 is 14.3 Å². The maximum atomic E-state index is 12.8. The first kappa shape index (κ1) is 21.9. The van der Waals surface area contributed by atoms with Crippen LogP contribution in [0.1, 0.15) is 57.8 Å². The summed E-state index contributed by atoms with van der Waals surface area (Å²) in [5, 5.41) is 3.49. The molecule has 30 heavy (non-hydrogen) atoms. The molecule has 0 unspecified atom stereocenters. The van der Waals surface area contributed by atoms with Crippen LogP contribution in [0.2, 0.25) is 0 Å². The number of ether oxygens (including phenoxy) is 2. The molecule has 1 amide bonds. The highest BCUT2D eigenvalue weighted by Crippen LogP contribution is 2.29. The molecule has 1 aromatic heterocycles. The molecular formula is C22H31N3O5. The minimum atomic E-state index is -0.470. The minimum absolute atomic E-state index is 0.0542. The van der Waals surface area contributed by atoms with Crippen molar-refractivity contribution in [2.75, 3.05) is 14.2 Å². The lowest BCUT2D eigenvalue weighted by Gasteiger charge is -2.16. The number of rotatable bonds is 8. The van der Waals surface area contributed by atoms with Gasteiger partial charge in [-0.05, 0) is 31.7 Å². The van der Waals surface area contributed by atoms with Crippen LogP contribution >= 0.6 is 0 Å². The molecule has 164 valence electrons. The molecule has 1 aromatic carbocycles. The van der Waals surface area contributed by atoms with Crippen molar-refractivity contribution in [2.24, 2.45) is 0 Å². The fourth-order valence-corrected chi connectivity index (χ4v) is 4.06. The number of benzene rings is 1. The van der Waals surface area contributed by atoms with Gasteiger partial charge in [0.25, 0.3) is 5.56 Å². The Kier molecular flexibility index (Phi) is 7.54. The summed E-state index contributed by atoms with van der Waals surface area (Å²) in [7, 11) is 2.99. The van der Waals surface area contributed by atoms with E-state index >= 15 is 0 Å². The molecule has 2 aromatic rings. The van der Waals surface area contributed by atoms with Gasteiger partial charge in [0.05, 0.1) is 25.1 Å². The van der Waals surface area contributed by atoms with Gasteiger partial charge < -0.3 is 19.8 Å². The van der Waals surface area contributed by atoms with Crippen molar-refractivity contribution in [3.8, 4) is 11.5 Å². The molecule has 1 saturated carbocycles. The van der Waals surface area contributed by atoms with E-state index in [1.165, 1.54) is 44.5 Å². The number of carbonyl (C=O) groups is 1. The van der Waals surface area contributed by atoms with E-state index in [1.54, 1.807) is 12.1 Å². The number of hydrogen-bond donors (Lipinski definition) is 2. The second kappa shape index (κ2) is 10.3. The zero-order valence-electron chi connectivity index (χ0n) is 17.8. The van der Waals surface area contributed by atoms with E-state index in [0.29, 0.717) is 41.7 Å². The number of methoxy groups -OCH3 is 2. The molecule has 0 bridgehead atoms. The number of aromatic amines is 1. The molecule has 8 nitrogen and oxygen atoms in total. The summed E-state index contributed by atoms with van der Waals surface area (Å²) in [5.74, 6) is 0.923. The van der Waals surface area contributed by atoms with Gasteiger partial charge >= 0.3 is 5.69 Å². The van der Waals surface area contributed by atoms with Crippen LogP contribution < -0.4 is 26.0 Å². The molecule has 0 saturated heterocycles. The number of aromatic nitrogens is 2. The summed E-state index contributed by atoms with van der Waals surface area (Å²) >= 11 is 0. The Morgan fingerprint density at radius 2 is 1.73 bits per heavy atom. The Bertz CT molecular complexity index is 987. The van der Waals surface area contributed by atoms with Gasteiger partial charge in [-0.25, -0.2) is 4.79 Å². The molecule has 0 spiro atoms. The van der Waals surface area contributed by atoms with Crippen molar-refractivity contribution in [1.82, 2.24) is 14.9 Å². The van der Waals surface area contributed by atoms with Gasteiger partial charge in [-0.2, -0.15) is 0 Å². The summed E-state index contributed by atoms with van der Waals surface area (Å²) in [5.41, 5.74) is -0.443. The van der Waals surface area contributed by atoms with Gasteiger partial charge in [0, 0.05) is 25.1 Å². The maximum absolute atomic E-state index is 12.8. The van der Waals surface area contributed by atoms with Gasteiger partial charge in [-0.3, -0.25) is 14.2 Å². The summed E-state index contributed by atoms with van der Waals surface area (Å²) in [6.45, 7) is 0.259. The van der Waals surface area contributed by atoms with Gasteiger partial charge in [0.2, 0.25) is 5.91 Å². The Balaban J connectivity index is 1.61. The fourth-order valence-electron chi connectivity index (χ4n) is 4.06. The lowest BCUT2D eigenvalue weighted by molar-refractivity contribution is -0.122. The normalized spacial score (nSPS) is 15.0. The van der Waals surface area contributed by atoms with E-state index < -0.39 is 5.69 Å². The first-order valence-corrected chi connectivity index (χ1v) is 10.7. The highest BCUT2D eigenvalue weighted by molar-refractivity contribution is 5.81. The summed E-state index contributed by atoms with van der Waals surface area (Å²) < 4.78 is 11.7. The van der Waals surface area contributed by atoms with Crippen LogP contribution in [0, 0.1) is 0 Å². The lowest BCUT2D eigenvalue weighted by atomic mass is 10.1. The molecule has 1 aliphatic rings. The molecule has 3 rings (SSSR count). The van der Waals surface area contributed by atoms with Crippen molar-refractivity contribution in [3.05, 3.63) is 33.0 Å². The number of hydrogen-bond acceptors (Lipinski definition) is 5. The van der Waals surface area contributed by atoms with E-state index in [2.05, 4.69) is 10.3 Å². The van der Waals surface area contributed by atoms with Crippen LogP contribution in [0.25, 0.3) is 10.9 Å². The Morgan fingerprint density at radius 3 is 2.40 bits per heavy atom. The summed E-state index contributed by atoms with van der Waals surface area (Å²) in [4.78, 5) is 40.1. The molecule has 2 N–H and O–H groups in total. The topological polar surface area (TPSA) is 102 Å². The van der Waals surface area contributed by atoms with E-state index in [-0.39, 0.29) is 24.1 Å². The van der Waals surface area contributed by atoms with Gasteiger partial charge in [-0.15, -0.1) is 0 Å². The highest BCUT2D eigenvalue weighted by Gasteiger charge is 2.15. The second-order valence-corrected chi connectivity index (χ2v) is 7.85. The first-order chi connectivity index (χ1) is 14.5. The Hall–Kier alpha value is -2.77. The zero-order chi connectivity index (χ0) is 21.5. The molecule has 0 atom stereocenters. The van der Waals surface area contributed by atoms with E-state index in [1.807, 2.05) is 0 Å². The quantitative estimate of drug-likeness (QED) is 0.508. The molecule has 0 radical (unpaired) electrons. The fraction of sp³-hybridized carbons (Fsp3) is 0.591. The van der Waals surface area contributed by atoms with Crippen LogP contribution in [0.5, 0.6) is 11.5 Å². The summed E-state index contributed by atoms with van der Waals surface area (Å²) in [6, 6.07) is 3.44. The number of fused-ring (bicyclic) bond motifs is 1. The third-order valence-corrected chi connectivity index (χ3v) is 5.74. The number of nitrogens with zero attached hydrogens (tertiary/aromatic N) is 1. The Morgan fingerprint density at radius 1 is 1.07 bits per heavy atom. The van der Waals surface area contributed by atoms with Gasteiger partial charge in [0.15, 0.2) is 11.5 Å². The molecule has 1 heterocycles. The molecule has 0 aliphatic heterocycles. The van der Waals surface area contributed by atoms with E-state index in [9.17, 15) is 14.4 Å². The van der Waals surface area contributed by atoms with Crippen LogP contribution in [-0.2, 0) is 11.3 Å². The highest BCUT2D eigenvalue weighted by atomic mass is 16.5. The van der Waals surface area contributed by atoms with Crippen molar-refractivity contribution >= 4 is 16.8 Å². The Labute approximate surface area is 175 Å². The number of H-pyrrole nitrogens is 1. The SMILES string of the molecule is COc1cc2[nH]c(=O)n(CCCCC(=O)NC3CCCCCC3)c(=O)c2cc1OC. The van der Waals surface area contributed by atoms with Crippen LogP contribution in [0.15, 0.2) is 21.7 Å². The predicted octanol–water partition coefficient (Wildman–Crippen LogP) is 2.72. The van der Waals surface area contributed by atoms with Crippen LogP contribution in [0.3, 0.4) is 0 Å². The maximum Gasteiger partial charge on any atom is 0.328 e. The average molecular weight is 418 g/mol. The van der Waals surface area contributed by atoms with E-state index in [0.717, 1.165) is 12.8 Å². The second-order valence-electron chi connectivity index (χ2n) is 7.85. The number of unbranched alkanes of at least 4 members (excludes halogenated alkanes) is 1. The third-order valence-electron chi connectivity index (χ3n) is 5.74. The number of nitrogens with one attached hydrogen (secondary N) is 2.